The van der Waals surface area contributed by atoms with Crippen molar-refractivity contribution >= 4 is 29.4 Å². The summed E-state index contributed by atoms with van der Waals surface area (Å²) in [5.74, 6) is 0.239. The van der Waals surface area contributed by atoms with Gasteiger partial charge in [-0.2, -0.15) is 14.4 Å². The molecule has 0 amide bonds. The third kappa shape index (κ3) is 2.91. The number of halogens is 3. The van der Waals surface area contributed by atoms with Gasteiger partial charge < -0.3 is 15.2 Å². The molecule has 0 spiro atoms. The zero-order valence-electron chi connectivity index (χ0n) is 11.7. The summed E-state index contributed by atoms with van der Waals surface area (Å²) in [5.41, 5.74) is 0.871. The molecule has 2 atom stereocenters. The number of nitrogens with one attached hydrogen (secondary N) is 2. The molecule has 0 bridgehead atoms. The first kappa shape index (κ1) is 15.8. The highest BCUT2D eigenvalue weighted by Gasteiger charge is 2.28. The van der Waals surface area contributed by atoms with Gasteiger partial charge in [0.05, 0.1) is 12.4 Å². The molecular formula is C12H17ClF2N6. The Kier molecular flexibility index (Phi) is 4.58. The normalized spacial score (nSPS) is 21.8. The second-order valence-electron chi connectivity index (χ2n) is 5.18. The highest BCUT2D eigenvalue weighted by atomic mass is 35.5. The highest BCUT2D eigenvalue weighted by molar-refractivity contribution is 5.85. The van der Waals surface area contributed by atoms with Crippen LogP contribution in [0.5, 0.6) is 0 Å². The van der Waals surface area contributed by atoms with Gasteiger partial charge in [0.15, 0.2) is 17.0 Å². The number of anilines is 1. The van der Waals surface area contributed by atoms with Crippen LogP contribution < -0.4 is 10.6 Å². The van der Waals surface area contributed by atoms with E-state index in [0.29, 0.717) is 17.7 Å². The number of hydrogen-bond acceptors (Lipinski definition) is 5. The van der Waals surface area contributed by atoms with Crippen LogP contribution >= 0.6 is 12.4 Å². The average Bonchev–Trinajstić information content (AvgIpc) is 2.96. The first-order chi connectivity index (χ1) is 9.56. The zero-order valence-corrected chi connectivity index (χ0v) is 12.5. The van der Waals surface area contributed by atoms with Crippen molar-refractivity contribution in [3.8, 4) is 0 Å². The molecule has 3 heterocycles. The van der Waals surface area contributed by atoms with Crippen molar-refractivity contribution in [1.29, 1.82) is 0 Å². The first-order valence-electron chi connectivity index (χ1n) is 6.57. The maximum Gasteiger partial charge on any atom is 0.312 e. The minimum Gasteiger partial charge on any atom is -0.361 e. The number of rotatable bonds is 3. The smallest absolute Gasteiger partial charge is 0.312 e. The molecule has 3 rings (SSSR count). The van der Waals surface area contributed by atoms with Crippen LogP contribution in [0, 0.1) is 6.08 Å². The fraction of sp³-hybridized carbons (Fsp3) is 0.583. The number of hydrogen-bond donors (Lipinski definition) is 2. The molecule has 0 saturated carbocycles. The molecule has 2 N–H and O–H groups in total. The Morgan fingerprint density at radius 3 is 2.76 bits per heavy atom. The molecule has 6 nitrogen and oxygen atoms in total. The lowest BCUT2D eigenvalue weighted by Crippen LogP contribution is -2.30. The lowest BCUT2D eigenvalue weighted by Gasteiger charge is -2.15. The van der Waals surface area contributed by atoms with E-state index in [1.807, 2.05) is 13.8 Å². The van der Waals surface area contributed by atoms with Gasteiger partial charge in [-0.25, -0.2) is 9.37 Å². The summed E-state index contributed by atoms with van der Waals surface area (Å²) in [4.78, 5) is 11.7. The molecule has 0 unspecified atom stereocenters. The molecule has 0 aliphatic carbocycles. The van der Waals surface area contributed by atoms with Crippen LogP contribution in [0.4, 0.5) is 14.6 Å². The van der Waals surface area contributed by atoms with E-state index in [1.165, 1.54) is 0 Å². The van der Waals surface area contributed by atoms with E-state index >= 15 is 0 Å². The third-order valence-corrected chi connectivity index (χ3v) is 3.41. The maximum atomic E-state index is 13.6. The molecule has 1 fully saturated rings. The number of alkyl halides is 1. The number of aromatic nitrogens is 4. The highest BCUT2D eigenvalue weighted by Crippen LogP contribution is 2.23. The van der Waals surface area contributed by atoms with Crippen LogP contribution in [0.15, 0.2) is 6.33 Å². The molecule has 0 radical (unpaired) electrons. The second-order valence-corrected chi connectivity index (χ2v) is 5.18. The van der Waals surface area contributed by atoms with Gasteiger partial charge in [-0.3, -0.25) is 0 Å². The second kappa shape index (κ2) is 6.07. The Bertz CT molecular complexity index is 631. The van der Waals surface area contributed by atoms with E-state index in [4.69, 9.17) is 0 Å². The van der Waals surface area contributed by atoms with Crippen molar-refractivity contribution < 1.29 is 8.78 Å². The Morgan fingerprint density at radius 2 is 2.14 bits per heavy atom. The summed E-state index contributed by atoms with van der Waals surface area (Å²) >= 11 is 0. The lowest BCUT2D eigenvalue weighted by molar-refractivity contribution is 0.342. The molecule has 1 saturated heterocycles. The fourth-order valence-corrected chi connectivity index (χ4v) is 2.33. The van der Waals surface area contributed by atoms with E-state index < -0.39 is 18.3 Å². The van der Waals surface area contributed by atoms with E-state index in [9.17, 15) is 8.78 Å². The summed E-state index contributed by atoms with van der Waals surface area (Å²) in [6.07, 6.45) is -0.284. The van der Waals surface area contributed by atoms with Crippen molar-refractivity contribution in [2.45, 2.75) is 32.1 Å². The van der Waals surface area contributed by atoms with Gasteiger partial charge in [-0.15, -0.1) is 12.4 Å². The van der Waals surface area contributed by atoms with Crippen LogP contribution in [-0.2, 0) is 0 Å². The molecule has 2 aromatic heterocycles. The number of nitrogens with zero attached hydrogens (tertiary/aromatic N) is 4. The van der Waals surface area contributed by atoms with E-state index in [-0.39, 0.29) is 30.8 Å². The van der Waals surface area contributed by atoms with Gasteiger partial charge in [0.2, 0.25) is 0 Å². The molecule has 1 aliphatic heterocycles. The van der Waals surface area contributed by atoms with Gasteiger partial charge >= 0.3 is 6.08 Å². The lowest BCUT2D eigenvalue weighted by atomic mass is 10.2. The number of fused-ring (bicyclic) bond motifs is 1. The van der Waals surface area contributed by atoms with Crippen molar-refractivity contribution in [2.75, 3.05) is 18.4 Å². The van der Waals surface area contributed by atoms with Crippen LogP contribution in [0.3, 0.4) is 0 Å². The zero-order chi connectivity index (χ0) is 14.3. The van der Waals surface area contributed by atoms with Crippen molar-refractivity contribution in [1.82, 2.24) is 24.8 Å². The predicted molar refractivity (Wildman–Crippen MR) is 78.1 cm³/mol. The van der Waals surface area contributed by atoms with Crippen LogP contribution in [0.1, 0.15) is 19.9 Å². The van der Waals surface area contributed by atoms with Crippen molar-refractivity contribution in [3.63, 3.8) is 0 Å². The van der Waals surface area contributed by atoms with E-state index in [2.05, 4.69) is 25.6 Å². The van der Waals surface area contributed by atoms with Gasteiger partial charge in [-0.1, -0.05) is 0 Å². The number of imidazole rings is 1. The summed E-state index contributed by atoms with van der Waals surface area (Å²) in [7, 11) is 0. The largest absolute Gasteiger partial charge is 0.361 e. The van der Waals surface area contributed by atoms with Crippen molar-refractivity contribution in [3.05, 3.63) is 12.4 Å². The van der Waals surface area contributed by atoms with E-state index in [1.54, 1.807) is 10.9 Å². The molecule has 0 aromatic carbocycles. The quantitative estimate of drug-likeness (QED) is 0.843. The molecule has 9 heteroatoms. The third-order valence-electron chi connectivity index (χ3n) is 3.41. The summed E-state index contributed by atoms with van der Waals surface area (Å²) in [6, 6.07) is -0.332. The predicted octanol–water partition coefficient (Wildman–Crippen LogP) is 1.69. The Hall–Kier alpha value is -1.54. The summed E-state index contributed by atoms with van der Waals surface area (Å²) in [5, 5.41) is 5.85. The maximum absolute atomic E-state index is 13.6. The Labute approximate surface area is 126 Å². The van der Waals surface area contributed by atoms with Crippen LogP contribution in [0.2, 0.25) is 0 Å². The molecule has 116 valence electrons. The van der Waals surface area contributed by atoms with Crippen LogP contribution in [0.25, 0.3) is 11.2 Å². The van der Waals surface area contributed by atoms with Crippen LogP contribution in [-0.4, -0.2) is 44.8 Å². The van der Waals surface area contributed by atoms with E-state index in [0.717, 1.165) is 0 Å². The molecular weight excluding hydrogens is 302 g/mol. The topological polar surface area (TPSA) is 67.7 Å². The SMILES string of the molecule is CC(C)n1cnc2c(N[C@@H]3CNC[C@H]3F)nc(F)nc21.Cl. The minimum atomic E-state index is -1.03. The minimum absolute atomic E-state index is 0. The molecule has 21 heavy (non-hydrogen) atoms. The first-order valence-corrected chi connectivity index (χ1v) is 6.57. The van der Waals surface area contributed by atoms with Gasteiger partial charge in [0.25, 0.3) is 0 Å². The fourth-order valence-electron chi connectivity index (χ4n) is 2.33. The Morgan fingerprint density at radius 1 is 1.38 bits per heavy atom. The van der Waals surface area contributed by atoms with Gasteiger partial charge in [-0.05, 0) is 13.8 Å². The standard InChI is InChI=1S/C12H16F2N6.ClH/c1-6(2)20-5-16-9-10(18-12(14)19-11(9)20)17-8-4-15-3-7(8)13;/h5-8,15H,3-4H2,1-2H3,(H,17,18,19);1H/t7-,8-;/m1./s1. The monoisotopic (exact) mass is 318 g/mol. The molecule has 1 aliphatic rings. The van der Waals surface area contributed by atoms with Gasteiger partial charge in [0, 0.05) is 19.1 Å². The summed E-state index contributed by atoms with van der Waals surface area (Å²) in [6.45, 7) is 4.66. The Balaban J connectivity index is 0.00000161. The average molecular weight is 319 g/mol. The summed E-state index contributed by atoms with van der Waals surface area (Å²) < 4.78 is 29.0. The van der Waals surface area contributed by atoms with Crippen molar-refractivity contribution in [2.24, 2.45) is 0 Å². The van der Waals surface area contributed by atoms with Gasteiger partial charge in [0.1, 0.15) is 6.17 Å². The molecule has 2 aromatic rings.